The molecule has 0 atom stereocenters. The molecule has 0 saturated carbocycles. The number of likely N-dealkylation sites (N-methyl/N-ethyl adjacent to an activating group) is 1. The van der Waals surface area contributed by atoms with Crippen molar-refractivity contribution in [2.75, 3.05) is 26.5 Å². The van der Waals surface area contributed by atoms with Crippen molar-refractivity contribution >= 4 is 34.5 Å². The van der Waals surface area contributed by atoms with Crippen LogP contribution in [0, 0.1) is 11.3 Å². The summed E-state index contributed by atoms with van der Waals surface area (Å²) < 4.78 is 5.36. The molecule has 1 amide bonds. The molecule has 2 aromatic heterocycles. The number of H-pyrrole nitrogens is 1. The van der Waals surface area contributed by atoms with Crippen LogP contribution in [0.25, 0.3) is 17.1 Å². The quantitative estimate of drug-likeness (QED) is 0.534. The van der Waals surface area contributed by atoms with Gasteiger partial charge in [-0.3, -0.25) is 4.79 Å². The lowest BCUT2D eigenvalue weighted by molar-refractivity contribution is -0.124. The summed E-state index contributed by atoms with van der Waals surface area (Å²) in [6, 6.07) is 9.21. The van der Waals surface area contributed by atoms with E-state index in [2.05, 4.69) is 20.3 Å². The first-order valence-electron chi connectivity index (χ1n) is 8.10. The highest BCUT2D eigenvalue weighted by atomic mass is 16.5. The summed E-state index contributed by atoms with van der Waals surface area (Å²) in [5, 5.41) is 13.4. The van der Waals surface area contributed by atoms with Crippen molar-refractivity contribution in [1.29, 1.82) is 5.26 Å². The lowest BCUT2D eigenvalue weighted by Gasteiger charge is -2.12. The lowest BCUT2D eigenvalue weighted by atomic mass is 10.1. The van der Waals surface area contributed by atoms with Crippen molar-refractivity contribution in [3.05, 3.63) is 47.9 Å². The zero-order valence-corrected chi connectivity index (χ0v) is 15.1. The molecule has 0 aliphatic carbocycles. The first-order chi connectivity index (χ1) is 13.0. The predicted molar refractivity (Wildman–Crippen MR) is 102 cm³/mol. The van der Waals surface area contributed by atoms with Gasteiger partial charge in [-0.2, -0.15) is 5.26 Å². The predicted octanol–water partition coefficient (Wildman–Crippen LogP) is 2.71. The summed E-state index contributed by atoms with van der Waals surface area (Å²) in [5.74, 6) is 0.823. The number of amides is 1. The van der Waals surface area contributed by atoms with Gasteiger partial charge < -0.3 is 19.9 Å². The zero-order chi connectivity index (χ0) is 19.4. The molecule has 27 heavy (non-hydrogen) atoms. The number of aromatic nitrogens is 3. The minimum Gasteiger partial charge on any atom is -0.496 e. The Labute approximate surface area is 156 Å². The van der Waals surface area contributed by atoms with Crippen LogP contribution < -0.4 is 10.1 Å². The Morgan fingerprint density at radius 1 is 1.33 bits per heavy atom. The number of aromatic amines is 1. The molecule has 0 saturated heterocycles. The summed E-state index contributed by atoms with van der Waals surface area (Å²) in [7, 11) is 4.73. The van der Waals surface area contributed by atoms with E-state index in [0.29, 0.717) is 17.1 Å². The number of carbonyl (C=O) groups excluding carboxylic acids is 1. The van der Waals surface area contributed by atoms with Crippen LogP contribution >= 0.6 is 0 Å². The van der Waals surface area contributed by atoms with E-state index in [9.17, 15) is 10.1 Å². The lowest BCUT2D eigenvalue weighted by Crippen LogP contribution is -2.22. The molecule has 2 heterocycles. The number of benzene rings is 1. The second-order valence-corrected chi connectivity index (χ2v) is 5.91. The Morgan fingerprint density at radius 2 is 2.15 bits per heavy atom. The Balaban J connectivity index is 2.00. The zero-order valence-electron chi connectivity index (χ0n) is 15.1. The fraction of sp³-hybridized carbons (Fsp3) is 0.158. The topological polar surface area (TPSA) is 107 Å². The first kappa shape index (κ1) is 17.9. The molecule has 3 aromatic rings. The minimum atomic E-state index is -0.372. The van der Waals surface area contributed by atoms with Crippen molar-refractivity contribution in [3.8, 4) is 11.8 Å². The van der Waals surface area contributed by atoms with Gasteiger partial charge in [0.05, 0.1) is 12.5 Å². The molecule has 0 unspecified atom stereocenters. The number of hydrogen-bond acceptors (Lipinski definition) is 6. The largest absolute Gasteiger partial charge is 0.496 e. The van der Waals surface area contributed by atoms with Crippen LogP contribution in [-0.2, 0) is 4.79 Å². The summed E-state index contributed by atoms with van der Waals surface area (Å²) in [5.41, 5.74) is 2.08. The van der Waals surface area contributed by atoms with Crippen LogP contribution in [0.15, 0.2) is 42.4 Å². The molecule has 0 aliphatic rings. The van der Waals surface area contributed by atoms with E-state index in [1.165, 1.54) is 24.4 Å². The van der Waals surface area contributed by atoms with Crippen LogP contribution in [0.3, 0.4) is 0 Å². The molecule has 0 bridgehead atoms. The number of rotatable bonds is 5. The van der Waals surface area contributed by atoms with Crippen LogP contribution in [0.5, 0.6) is 5.75 Å². The fourth-order valence-corrected chi connectivity index (χ4v) is 2.57. The molecular weight excluding hydrogens is 344 g/mol. The van der Waals surface area contributed by atoms with Crippen LogP contribution in [0.4, 0.5) is 11.5 Å². The van der Waals surface area contributed by atoms with Crippen molar-refractivity contribution in [2.24, 2.45) is 0 Å². The molecule has 8 nitrogen and oxygen atoms in total. The maximum atomic E-state index is 12.1. The van der Waals surface area contributed by atoms with Crippen molar-refractivity contribution < 1.29 is 9.53 Å². The average molecular weight is 362 g/mol. The highest BCUT2D eigenvalue weighted by Crippen LogP contribution is 2.28. The maximum absolute atomic E-state index is 12.1. The number of methoxy groups -OCH3 is 1. The second-order valence-electron chi connectivity index (χ2n) is 5.91. The number of hydrogen-bond donors (Lipinski definition) is 2. The number of ether oxygens (including phenoxy) is 1. The average Bonchev–Trinajstić information content (AvgIpc) is 3.15. The van der Waals surface area contributed by atoms with Gasteiger partial charge in [0.2, 0.25) is 0 Å². The van der Waals surface area contributed by atoms with Gasteiger partial charge in [-0.25, -0.2) is 9.97 Å². The third-order valence-corrected chi connectivity index (χ3v) is 3.90. The molecule has 8 heteroatoms. The fourth-order valence-electron chi connectivity index (χ4n) is 2.57. The number of anilines is 2. The van der Waals surface area contributed by atoms with Gasteiger partial charge in [-0.05, 0) is 30.3 Å². The van der Waals surface area contributed by atoms with Crippen LogP contribution in [-0.4, -0.2) is 47.0 Å². The van der Waals surface area contributed by atoms with E-state index in [1.54, 1.807) is 32.4 Å². The molecule has 0 fully saturated rings. The molecule has 2 N–H and O–H groups in total. The number of nitriles is 1. The van der Waals surface area contributed by atoms with Crippen molar-refractivity contribution in [2.45, 2.75) is 0 Å². The van der Waals surface area contributed by atoms with Gasteiger partial charge in [-0.15, -0.1) is 0 Å². The van der Waals surface area contributed by atoms with Crippen LogP contribution in [0.2, 0.25) is 0 Å². The van der Waals surface area contributed by atoms with E-state index < -0.39 is 0 Å². The maximum Gasteiger partial charge on any atom is 0.264 e. The highest BCUT2D eigenvalue weighted by Gasteiger charge is 2.13. The van der Waals surface area contributed by atoms with E-state index in [-0.39, 0.29) is 11.5 Å². The van der Waals surface area contributed by atoms with Gasteiger partial charge in [-0.1, -0.05) is 0 Å². The molecule has 0 radical (unpaired) electrons. The highest BCUT2D eigenvalue weighted by molar-refractivity contribution is 6.02. The smallest absolute Gasteiger partial charge is 0.264 e. The van der Waals surface area contributed by atoms with E-state index in [0.717, 1.165) is 16.7 Å². The normalized spacial score (nSPS) is 11.1. The first-order valence-corrected chi connectivity index (χ1v) is 8.10. The molecule has 136 valence electrons. The van der Waals surface area contributed by atoms with Crippen LogP contribution in [0.1, 0.15) is 5.56 Å². The third kappa shape index (κ3) is 3.72. The second kappa shape index (κ2) is 7.58. The van der Waals surface area contributed by atoms with Crippen molar-refractivity contribution in [3.63, 3.8) is 0 Å². The summed E-state index contributed by atoms with van der Waals surface area (Å²) >= 11 is 0. The number of nitrogens with one attached hydrogen (secondary N) is 2. The van der Waals surface area contributed by atoms with Gasteiger partial charge in [0, 0.05) is 31.5 Å². The molecule has 0 aliphatic heterocycles. The Bertz CT molecular complexity index is 1060. The van der Waals surface area contributed by atoms with E-state index in [4.69, 9.17) is 4.74 Å². The Hall–Kier alpha value is -3.86. The molecule has 3 rings (SSSR count). The molecule has 0 spiro atoms. The number of carbonyl (C=O) groups is 1. The number of fused-ring (bicyclic) bond motifs is 1. The standard InChI is InChI=1S/C19H18N6O2/c1-25(2)19(26)13(10-20)8-12-9-14(4-5-16(12)27-3)24-18-15-6-7-21-17(15)22-11-23-18/h4-9,11H,1-3H3,(H2,21,22,23,24)/b13-8+. The van der Waals surface area contributed by atoms with E-state index >= 15 is 0 Å². The minimum absolute atomic E-state index is 0.0190. The SMILES string of the molecule is COc1ccc(Nc2ncnc3[nH]ccc23)cc1/C=C(\C#N)C(=O)N(C)C. The van der Waals surface area contributed by atoms with Gasteiger partial charge >= 0.3 is 0 Å². The van der Waals surface area contributed by atoms with E-state index in [1.807, 2.05) is 18.2 Å². The Kier molecular flexibility index (Phi) is 5.04. The summed E-state index contributed by atoms with van der Waals surface area (Å²) in [4.78, 5) is 25.0. The summed E-state index contributed by atoms with van der Waals surface area (Å²) in [6.45, 7) is 0. The number of nitrogens with zero attached hydrogens (tertiary/aromatic N) is 4. The third-order valence-electron chi connectivity index (χ3n) is 3.90. The molecular formula is C19H18N6O2. The van der Waals surface area contributed by atoms with Gasteiger partial charge in [0.1, 0.15) is 35.2 Å². The molecule has 1 aromatic carbocycles. The summed E-state index contributed by atoms with van der Waals surface area (Å²) in [6.07, 6.45) is 4.77. The Morgan fingerprint density at radius 3 is 2.85 bits per heavy atom. The van der Waals surface area contributed by atoms with Crippen molar-refractivity contribution in [1.82, 2.24) is 19.9 Å². The monoisotopic (exact) mass is 362 g/mol. The van der Waals surface area contributed by atoms with Gasteiger partial charge in [0.15, 0.2) is 0 Å². The van der Waals surface area contributed by atoms with Gasteiger partial charge in [0.25, 0.3) is 5.91 Å².